The SMILES string of the molecule is CCc1ccc([C@@H]2[C@@H](S(=O)(=O)c3ccccc3)[C@]2(C#N)C=O)cc1. The molecule has 3 rings (SSSR count). The fourth-order valence-corrected chi connectivity index (χ4v) is 5.54. The third-order valence-electron chi connectivity index (χ3n) is 4.72. The molecule has 3 atom stereocenters. The number of carbonyl (C=O) groups is 1. The first-order valence-electron chi connectivity index (χ1n) is 7.76. The van der Waals surface area contributed by atoms with Gasteiger partial charge in [-0.05, 0) is 29.7 Å². The zero-order valence-electron chi connectivity index (χ0n) is 13.2. The van der Waals surface area contributed by atoms with Gasteiger partial charge >= 0.3 is 0 Å². The van der Waals surface area contributed by atoms with Crippen molar-refractivity contribution in [1.29, 1.82) is 5.26 Å². The molecule has 4 nitrogen and oxygen atoms in total. The topological polar surface area (TPSA) is 75.0 Å². The number of aryl methyl sites for hydroxylation is 1. The van der Waals surface area contributed by atoms with E-state index >= 15 is 0 Å². The Hall–Kier alpha value is -2.45. The van der Waals surface area contributed by atoms with Crippen LogP contribution in [0.25, 0.3) is 0 Å². The molecule has 24 heavy (non-hydrogen) atoms. The molecule has 0 unspecified atom stereocenters. The van der Waals surface area contributed by atoms with E-state index in [9.17, 15) is 18.5 Å². The van der Waals surface area contributed by atoms with Crippen LogP contribution < -0.4 is 0 Å². The molecule has 0 saturated heterocycles. The summed E-state index contributed by atoms with van der Waals surface area (Å²) in [6.45, 7) is 2.03. The summed E-state index contributed by atoms with van der Waals surface area (Å²) in [5.74, 6) is -0.629. The van der Waals surface area contributed by atoms with Crippen molar-refractivity contribution in [3.05, 3.63) is 65.7 Å². The number of carbonyl (C=O) groups excluding carboxylic acids is 1. The quantitative estimate of drug-likeness (QED) is 0.785. The van der Waals surface area contributed by atoms with Gasteiger partial charge in [0, 0.05) is 5.92 Å². The number of hydrogen-bond donors (Lipinski definition) is 0. The van der Waals surface area contributed by atoms with Crippen LogP contribution in [0.1, 0.15) is 24.0 Å². The lowest BCUT2D eigenvalue weighted by Crippen LogP contribution is -2.16. The highest BCUT2D eigenvalue weighted by Crippen LogP contribution is 2.62. The maximum absolute atomic E-state index is 12.9. The highest BCUT2D eigenvalue weighted by atomic mass is 32.2. The van der Waals surface area contributed by atoms with Crippen molar-refractivity contribution in [3.8, 4) is 6.07 Å². The molecular weight excluding hydrogens is 322 g/mol. The summed E-state index contributed by atoms with van der Waals surface area (Å²) in [4.78, 5) is 11.8. The Morgan fingerprint density at radius 2 is 1.75 bits per heavy atom. The molecule has 1 aliphatic rings. The third-order valence-corrected chi connectivity index (χ3v) is 6.98. The summed E-state index contributed by atoms with van der Waals surface area (Å²) < 4.78 is 25.8. The summed E-state index contributed by atoms with van der Waals surface area (Å²) >= 11 is 0. The largest absolute Gasteiger partial charge is 0.302 e. The average Bonchev–Trinajstić information content (AvgIpc) is 3.33. The van der Waals surface area contributed by atoms with E-state index in [-0.39, 0.29) is 4.90 Å². The average molecular weight is 339 g/mol. The minimum atomic E-state index is -3.76. The molecule has 0 bridgehead atoms. The number of hydrogen-bond acceptors (Lipinski definition) is 4. The van der Waals surface area contributed by atoms with Crippen LogP contribution in [0.5, 0.6) is 0 Å². The van der Waals surface area contributed by atoms with Crippen LogP contribution in [0.15, 0.2) is 59.5 Å². The van der Waals surface area contributed by atoms with Crippen molar-refractivity contribution in [3.63, 3.8) is 0 Å². The Balaban J connectivity index is 2.06. The van der Waals surface area contributed by atoms with Gasteiger partial charge in [0.15, 0.2) is 9.84 Å². The van der Waals surface area contributed by atoms with Gasteiger partial charge in [-0.1, -0.05) is 49.4 Å². The van der Waals surface area contributed by atoms with Crippen molar-refractivity contribution >= 4 is 16.1 Å². The van der Waals surface area contributed by atoms with Crippen molar-refractivity contribution < 1.29 is 13.2 Å². The van der Waals surface area contributed by atoms with Crippen LogP contribution >= 0.6 is 0 Å². The monoisotopic (exact) mass is 339 g/mol. The van der Waals surface area contributed by atoms with Gasteiger partial charge in [-0.25, -0.2) is 8.42 Å². The predicted molar refractivity (Wildman–Crippen MR) is 90.1 cm³/mol. The van der Waals surface area contributed by atoms with E-state index in [0.29, 0.717) is 11.8 Å². The third kappa shape index (κ3) is 2.35. The summed E-state index contributed by atoms with van der Waals surface area (Å²) in [5.41, 5.74) is 0.323. The fourth-order valence-electron chi connectivity index (χ4n) is 3.28. The second-order valence-electron chi connectivity index (χ2n) is 6.01. The van der Waals surface area contributed by atoms with Gasteiger partial charge in [0.1, 0.15) is 17.0 Å². The van der Waals surface area contributed by atoms with Gasteiger partial charge in [0.25, 0.3) is 0 Å². The van der Waals surface area contributed by atoms with E-state index < -0.39 is 26.4 Å². The maximum Gasteiger partial charge on any atom is 0.183 e. The molecule has 0 radical (unpaired) electrons. The first-order chi connectivity index (χ1) is 11.5. The number of benzene rings is 2. The second kappa shape index (κ2) is 5.88. The van der Waals surface area contributed by atoms with Gasteiger partial charge in [0.2, 0.25) is 0 Å². The molecule has 0 aliphatic heterocycles. The lowest BCUT2D eigenvalue weighted by molar-refractivity contribution is -0.110. The number of aldehydes is 1. The number of nitriles is 1. The van der Waals surface area contributed by atoms with Gasteiger partial charge in [-0.3, -0.25) is 0 Å². The molecule has 0 amide bonds. The van der Waals surface area contributed by atoms with Crippen LogP contribution in [-0.4, -0.2) is 20.0 Å². The standard InChI is InChI=1S/C19H17NO3S/c1-2-14-8-10-15(11-9-14)17-18(19(17,12-20)13-21)24(22,23)16-6-4-3-5-7-16/h3-11,13,17-18H,2H2,1H3/t17-,18-,19-/m1/s1. The van der Waals surface area contributed by atoms with E-state index in [1.165, 1.54) is 12.1 Å². The molecule has 0 aromatic heterocycles. The van der Waals surface area contributed by atoms with E-state index in [0.717, 1.165) is 12.0 Å². The molecule has 0 heterocycles. The Labute approximate surface area is 141 Å². The van der Waals surface area contributed by atoms with Gasteiger partial charge in [0.05, 0.1) is 11.0 Å². The van der Waals surface area contributed by atoms with Gasteiger partial charge < -0.3 is 4.79 Å². The molecule has 1 aliphatic carbocycles. The number of nitrogens with zero attached hydrogens (tertiary/aromatic N) is 1. The van der Waals surface area contributed by atoms with Crippen LogP contribution in [0.3, 0.4) is 0 Å². The highest BCUT2D eigenvalue weighted by molar-refractivity contribution is 7.92. The Morgan fingerprint density at radius 1 is 1.12 bits per heavy atom. The Bertz CT molecular complexity index is 898. The van der Waals surface area contributed by atoms with Gasteiger partial charge in [-0.15, -0.1) is 0 Å². The molecule has 5 heteroatoms. The summed E-state index contributed by atoms with van der Waals surface area (Å²) in [6, 6.07) is 17.4. The molecule has 0 spiro atoms. The zero-order valence-corrected chi connectivity index (χ0v) is 14.0. The molecule has 2 aromatic rings. The van der Waals surface area contributed by atoms with Crippen LogP contribution in [0, 0.1) is 16.7 Å². The first-order valence-corrected chi connectivity index (χ1v) is 9.31. The lowest BCUT2D eigenvalue weighted by atomic mass is 10.0. The lowest BCUT2D eigenvalue weighted by Gasteiger charge is -2.04. The molecule has 122 valence electrons. The van der Waals surface area contributed by atoms with Crippen LogP contribution in [0.2, 0.25) is 0 Å². The number of sulfone groups is 1. The zero-order chi connectivity index (χ0) is 17.4. The summed E-state index contributed by atoms with van der Waals surface area (Å²) in [5, 5.41) is 8.48. The fraction of sp³-hybridized carbons (Fsp3) is 0.263. The Kier molecular flexibility index (Phi) is 4.02. The van der Waals surface area contributed by atoms with E-state index in [1.54, 1.807) is 18.2 Å². The van der Waals surface area contributed by atoms with E-state index in [4.69, 9.17) is 0 Å². The molecule has 0 N–H and O–H groups in total. The van der Waals surface area contributed by atoms with E-state index in [1.807, 2.05) is 37.3 Å². The summed E-state index contributed by atoms with van der Waals surface area (Å²) in [7, 11) is -3.76. The normalized spacial score (nSPS) is 25.7. The molecule has 2 aromatic carbocycles. The molecule has 1 fully saturated rings. The second-order valence-corrected chi connectivity index (χ2v) is 8.08. The smallest absolute Gasteiger partial charge is 0.183 e. The minimum absolute atomic E-state index is 0.143. The van der Waals surface area contributed by atoms with Crippen LogP contribution in [-0.2, 0) is 21.1 Å². The maximum atomic E-state index is 12.9. The highest BCUT2D eigenvalue weighted by Gasteiger charge is 2.72. The molecule has 1 saturated carbocycles. The number of rotatable bonds is 5. The molecular formula is C19H17NO3S. The van der Waals surface area contributed by atoms with Crippen LogP contribution in [0.4, 0.5) is 0 Å². The van der Waals surface area contributed by atoms with Crippen molar-refractivity contribution in [2.75, 3.05) is 0 Å². The Morgan fingerprint density at radius 3 is 2.25 bits per heavy atom. The minimum Gasteiger partial charge on any atom is -0.302 e. The van der Waals surface area contributed by atoms with Crippen molar-refractivity contribution in [2.45, 2.75) is 29.4 Å². The summed E-state index contributed by atoms with van der Waals surface area (Å²) in [6.07, 6.45) is 1.37. The first kappa shape index (κ1) is 16.4. The predicted octanol–water partition coefficient (Wildman–Crippen LogP) is 2.90. The van der Waals surface area contributed by atoms with E-state index in [2.05, 4.69) is 0 Å². The van der Waals surface area contributed by atoms with Crippen molar-refractivity contribution in [1.82, 2.24) is 0 Å². The van der Waals surface area contributed by atoms with Gasteiger partial charge in [-0.2, -0.15) is 5.26 Å². The van der Waals surface area contributed by atoms with Crippen molar-refractivity contribution in [2.24, 2.45) is 5.41 Å².